The summed E-state index contributed by atoms with van der Waals surface area (Å²) in [4.78, 5) is 22.4. The maximum atomic E-state index is 12.9. The number of hydrogen-bond acceptors (Lipinski definition) is 7. The molecule has 0 bridgehead atoms. The zero-order valence-corrected chi connectivity index (χ0v) is 18.4. The van der Waals surface area contributed by atoms with Crippen LogP contribution in [0.5, 0.6) is 5.75 Å². The first-order valence-electron chi connectivity index (χ1n) is 10.6. The number of carbonyl (C=O) groups is 1. The van der Waals surface area contributed by atoms with E-state index in [4.69, 9.17) is 9.47 Å². The van der Waals surface area contributed by atoms with Gasteiger partial charge in [0.25, 0.3) is 5.91 Å². The molecule has 32 heavy (non-hydrogen) atoms. The van der Waals surface area contributed by atoms with Gasteiger partial charge in [-0.25, -0.2) is 4.98 Å². The third-order valence-electron chi connectivity index (χ3n) is 5.37. The van der Waals surface area contributed by atoms with Crippen LogP contribution in [-0.2, 0) is 4.74 Å². The summed E-state index contributed by atoms with van der Waals surface area (Å²) in [6, 6.07) is 9.36. The van der Waals surface area contributed by atoms with Gasteiger partial charge in [0.1, 0.15) is 23.3 Å². The molecule has 0 saturated carbocycles. The van der Waals surface area contributed by atoms with E-state index in [1.165, 1.54) is 0 Å². The molecule has 1 fully saturated rings. The summed E-state index contributed by atoms with van der Waals surface area (Å²) in [5, 5.41) is 16.7. The lowest BCUT2D eigenvalue weighted by molar-refractivity contribution is -0.0124. The van der Waals surface area contributed by atoms with Crippen molar-refractivity contribution in [1.82, 2.24) is 14.9 Å². The summed E-state index contributed by atoms with van der Waals surface area (Å²) in [5.41, 5.74) is 3.19. The molecule has 0 spiro atoms. The molecule has 9 nitrogen and oxygen atoms in total. The molecule has 1 atom stereocenters. The Morgan fingerprint density at radius 2 is 2.25 bits per heavy atom. The number of fused-ring (bicyclic) bond motifs is 1. The van der Waals surface area contributed by atoms with Crippen molar-refractivity contribution in [3.05, 3.63) is 41.6 Å². The van der Waals surface area contributed by atoms with E-state index in [-0.39, 0.29) is 12.0 Å². The number of pyridine rings is 1. The van der Waals surface area contributed by atoms with E-state index in [9.17, 15) is 10.1 Å². The summed E-state index contributed by atoms with van der Waals surface area (Å²) in [6.45, 7) is 6.34. The Balaban J connectivity index is 1.62. The number of carbonyl (C=O) groups excluding carboxylic acids is 1. The van der Waals surface area contributed by atoms with Crippen molar-refractivity contribution < 1.29 is 14.3 Å². The highest BCUT2D eigenvalue weighted by Crippen LogP contribution is 2.33. The number of anilines is 3. The van der Waals surface area contributed by atoms with Crippen molar-refractivity contribution in [3.63, 3.8) is 0 Å². The van der Waals surface area contributed by atoms with Crippen molar-refractivity contribution in [2.24, 2.45) is 0 Å². The highest BCUT2D eigenvalue weighted by molar-refractivity contribution is 5.97. The molecule has 1 aliphatic rings. The van der Waals surface area contributed by atoms with E-state index in [1.54, 1.807) is 30.3 Å². The van der Waals surface area contributed by atoms with Crippen LogP contribution in [0.2, 0.25) is 0 Å². The van der Waals surface area contributed by atoms with Crippen LogP contribution in [0.25, 0.3) is 11.0 Å². The first kappa shape index (κ1) is 21.5. The molecular formula is C23H26N6O3. The molecule has 9 heteroatoms. The monoisotopic (exact) mass is 434 g/mol. The Labute approximate surface area is 186 Å². The second kappa shape index (κ2) is 9.16. The number of hydrogen-bond donors (Lipinski definition) is 3. The summed E-state index contributed by atoms with van der Waals surface area (Å²) in [6.07, 6.45) is 1.67. The Morgan fingerprint density at radius 3 is 2.97 bits per heavy atom. The van der Waals surface area contributed by atoms with Gasteiger partial charge < -0.3 is 30.0 Å². The predicted molar refractivity (Wildman–Crippen MR) is 123 cm³/mol. The van der Waals surface area contributed by atoms with Gasteiger partial charge in [-0.1, -0.05) is 0 Å². The van der Waals surface area contributed by atoms with Gasteiger partial charge in [-0.15, -0.1) is 0 Å². The summed E-state index contributed by atoms with van der Waals surface area (Å²) >= 11 is 0. The number of morpholine rings is 1. The van der Waals surface area contributed by atoms with Crippen molar-refractivity contribution >= 4 is 34.1 Å². The van der Waals surface area contributed by atoms with Gasteiger partial charge in [-0.2, -0.15) is 5.26 Å². The predicted octanol–water partition coefficient (Wildman–Crippen LogP) is 3.48. The average molecular weight is 435 g/mol. The molecule has 2 aromatic heterocycles. The van der Waals surface area contributed by atoms with Crippen LogP contribution in [0, 0.1) is 11.3 Å². The van der Waals surface area contributed by atoms with Crippen LogP contribution in [0.4, 0.5) is 17.2 Å². The van der Waals surface area contributed by atoms with Gasteiger partial charge in [-0.3, -0.25) is 4.79 Å². The molecule has 166 valence electrons. The van der Waals surface area contributed by atoms with E-state index >= 15 is 0 Å². The number of ether oxygens (including phenoxy) is 2. The number of nitriles is 1. The van der Waals surface area contributed by atoms with Gasteiger partial charge in [-0.05, 0) is 32.0 Å². The third kappa shape index (κ3) is 4.18. The number of amides is 1. The third-order valence-corrected chi connectivity index (χ3v) is 5.37. The Hall–Kier alpha value is -3.77. The Bertz CT molecular complexity index is 1180. The van der Waals surface area contributed by atoms with Gasteiger partial charge >= 0.3 is 0 Å². The number of methoxy groups -OCH3 is 1. The molecule has 3 N–H and O–H groups in total. The molecule has 3 heterocycles. The molecule has 4 rings (SSSR count). The normalized spacial score (nSPS) is 15.9. The molecule has 0 aliphatic carbocycles. The van der Waals surface area contributed by atoms with E-state index in [1.807, 2.05) is 26.0 Å². The molecule has 3 aromatic rings. The van der Waals surface area contributed by atoms with Crippen LogP contribution in [0.3, 0.4) is 0 Å². The number of H-pyrrole nitrogens is 1. The zero-order valence-electron chi connectivity index (χ0n) is 18.4. The topological polar surface area (TPSA) is 115 Å². The van der Waals surface area contributed by atoms with Gasteiger partial charge in [0, 0.05) is 37.5 Å². The van der Waals surface area contributed by atoms with Crippen molar-refractivity contribution in [3.8, 4) is 11.8 Å². The summed E-state index contributed by atoms with van der Waals surface area (Å²) in [5.74, 6) is 1.07. The van der Waals surface area contributed by atoms with Crippen molar-refractivity contribution in [2.45, 2.75) is 20.0 Å². The van der Waals surface area contributed by atoms with E-state index in [0.717, 1.165) is 11.1 Å². The maximum Gasteiger partial charge on any atom is 0.254 e. The standard InChI is InChI=1S/C23H26N6O3/c1-4-25-18-10-20(28-22-21(18)16(11-24)12-26-22)27-17-6-5-15(9-19(17)31-3)23(30)29-7-8-32-14(2)13-29/h5-6,9-10,12,14H,4,7-8,13H2,1-3H3,(H3,25,26,27,28)/t14-/m1/s1. The highest BCUT2D eigenvalue weighted by atomic mass is 16.5. The van der Waals surface area contributed by atoms with Crippen molar-refractivity contribution in [1.29, 1.82) is 5.26 Å². The first-order chi connectivity index (χ1) is 15.5. The van der Waals surface area contributed by atoms with Gasteiger partial charge in [0.15, 0.2) is 0 Å². The number of nitrogens with one attached hydrogen (secondary N) is 3. The molecule has 0 radical (unpaired) electrons. The highest BCUT2D eigenvalue weighted by Gasteiger charge is 2.23. The molecule has 1 aromatic carbocycles. The fourth-order valence-corrected chi connectivity index (χ4v) is 3.87. The first-order valence-corrected chi connectivity index (χ1v) is 10.6. The minimum absolute atomic E-state index is 0.0250. The lowest BCUT2D eigenvalue weighted by atomic mass is 10.1. The van der Waals surface area contributed by atoms with Crippen LogP contribution >= 0.6 is 0 Å². The Morgan fingerprint density at radius 1 is 1.41 bits per heavy atom. The second-order valence-corrected chi connectivity index (χ2v) is 7.60. The quantitative estimate of drug-likeness (QED) is 0.544. The minimum atomic E-state index is -0.0469. The van der Waals surface area contributed by atoms with Gasteiger partial charge in [0.05, 0.1) is 42.1 Å². The fraction of sp³-hybridized carbons (Fsp3) is 0.348. The van der Waals surface area contributed by atoms with Crippen LogP contribution < -0.4 is 15.4 Å². The summed E-state index contributed by atoms with van der Waals surface area (Å²) < 4.78 is 11.1. The number of aromatic nitrogens is 2. The van der Waals surface area contributed by atoms with E-state index < -0.39 is 0 Å². The van der Waals surface area contributed by atoms with Crippen LogP contribution in [-0.4, -0.2) is 60.2 Å². The smallest absolute Gasteiger partial charge is 0.254 e. The maximum absolute atomic E-state index is 12.9. The van der Waals surface area contributed by atoms with Crippen LogP contribution in [0.1, 0.15) is 29.8 Å². The zero-order chi connectivity index (χ0) is 22.7. The second-order valence-electron chi connectivity index (χ2n) is 7.60. The molecule has 0 unspecified atom stereocenters. The minimum Gasteiger partial charge on any atom is -0.495 e. The number of rotatable bonds is 6. The lowest BCUT2D eigenvalue weighted by Gasteiger charge is -2.31. The number of aromatic amines is 1. The largest absolute Gasteiger partial charge is 0.495 e. The average Bonchev–Trinajstić information content (AvgIpc) is 3.22. The molecule has 1 saturated heterocycles. The molecular weight excluding hydrogens is 408 g/mol. The molecule has 1 aliphatic heterocycles. The SMILES string of the molecule is CCNc1cc(Nc2ccc(C(=O)N3CCO[C@H](C)C3)cc2OC)nc2[nH]cc(C#N)c12. The Kier molecular flexibility index (Phi) is 6.14. The van der Waals surface area contributed by atoms with E-state index in [0.29, 0.717) is 60.3 Å². The molecule has 1 amide bonds. The number of benzene rings is 1. The fourth-order valence-electron chi connectivity index (χ4n) is 3.87. The number of nitrogens with zero attached hydrogens (tertiary/aromatic N) is 3. The van der Waals surface area contributed by atoms with Crippen LogP contribution in [0.15, 0.2) is 30.5 Å². The lowest BCUT2D eigenvalue weighted by Crippen LogP contribution is -2.44. The summed E-state index contributed by atoms with van der Waals surface area (Å²) in [7, 11) is 1.57. The van der Waals surface area contributed by atoms with E-state index in [2.05, 4.69) is 26.7 Å². The van der Waals surface area contributed by atoms with Gasteiger partial charge in [0.2, 0.25) is 0 Å². The van der Waals surface area contributed by atoms with Crippen molar-refractivity contribution in [2.75, 3.05) is 44.0 Å².